The van der Waals surface area contributed by atoms with Gasteiger partial charge in [-0.25, -0.2) is 0 Å². The largest absolute Gasteiger partial charge is 0.500 e. The highest BCUT2D eigenvalue weighted by molar-refractivity contribution is 6.60. The summed E-state index contributed by atoms with van der Waals surface area (Å²) in [6, 6.07) is 0.743. The number of ether oxygens (including phenoxy) is 1. The average molecular weight is 475 g/mol. The van der Waals surface area contributed by atoms with Gasteiger partial charge in [-0.05, 0) is 19.3 Å². The number of rotatable bonds is 25. The molecule has 0 amide bonds. The summed E-state index contributed by atoms with van der Waals surface area (Å²) < 4.78 is 21.5. The highest BCUT2D eigenvalue weighted by atomic mass is 28.4. The fourth-order valence-electron chi connectivity index (χ4n) is 4.08. The van der Waals surface area contributed by atoms with Gasteiger partial charge in [-0.2, -0.15) is 0 Å². The lowest BCUT2D eigenvalue weighted by Gasteiger charge is -2.24. The van der Waals surface area contributed by atoms with E-state index in [9.17, 15) is 4.79 Å². The average Bonchev–Trinajstić information content (AvgIpc) is 2.81. The van der Waals surface area contributed by atoms with Gasteiger partial charge in [0.25, 0.3) is 0 Å². The van der Waals surface area contributed by atoms with E-state index in [0.717, 1.165) is 31.7 Å². The molecule has 0 aliphatic heterocycles. The Hall–Kier alpha value is -0.433. The van der Waals surface area contributed by atoms with E-state index in [0.29, 0.717) is 13.0 Å². The van der Waals surface area contributed by atoms with Crippen molar-refractivity contribution in [2.24, 2.45) is 0 Å². The summed E-state index contributed by atoms with van der Waals surface area (Å²) in [7, 11) is 2.38. The van der Waals surface area contributed by atoms with E-state index in [2.05, 4.69) is 6.92 Å². The van der Waals surface area contributed by atoms with E-state index in [1.54, 1.807) is 21.3 Å². The molecule has 0 heterocycles. The van der Waals surface area contributed by atoms with Gasteiger partial charge in [0.05, 0.1) is 6.61 Å². The van der Waals surface area contributed by atoms with Crippen molar-refractivity contribution in [3.63, 3.8) is 0 Å². The molecule has 0 aliphatic rings. The van der Waals surface area contributed by atoms with Crippen LogP contribution in [0.2, 0.25) is 6.04 Å². The van der Waals surface area contributed by atoms with Gasteiger partial charge in [-0.1, -0.05) is 103 Å². The molecular weight excluding hydrogens is 420 g/mol. The Balaban J connectivity index is 3.31. The molecule has 192 valence electrons. The maximum Gasteiger partial charge on any atom is 0.500 e. The monoisotopic (exact) mass is 474 g/mol. The Bertz CT molecular complexity index is 393. The molecule has 0 radical (unpaired) electrons. The number of unbranched alkanes of at least 4 members (excludes halogenated alkanes) is 16. The minimum atomic E-state index is -2.49. The summed E-state index contributed by atoms with van der Waals surface area (Å²) in [5.74, 6) is -0.0657. The molecular formula is C26H54O5Si. The standard InChI is InChI=1S/C26H54O5Si/c1-5-6-7-8-9-10-11-12-13-14-15-16-17-18-19-20-23-26(27)31-24-21-22-25-32(28-2,29-3)30-4/h5-25H2,1-4H3. The first-order valence-electron chi connectivity index (χ1n) is 13.4. The first-order valence-corrected chi connectivity index (χ1v) is 15.4. The van der Waals surface area contributed by atoms with Crippen LogP contribution in [0.3, 0.4) is 0 Å². The lowest BCUT2D eigenvalue weighted by atomic mass is 10.0. The Labute approximate surface area is 200 Å². The zero-order valence-electron chi connectivity index (χ0n) is 21.9. The number of carbonyl (C=O) groups excluding carboxylic acids is 1. The third-order valence-corrected chi connectivity index (χ3v) is 9.14. The fraction of sp³-hybridized carbons (Fsp3) is 0.962. The molecule has 0 saturated carbocycles. The zero-order valence-corrected chi connectivity index (χ0v) is 22.9. The summed E-state index contributed by atoms with van der Waals surface area (Å²) in [6.45, 7) is 2.75. The van der Waals surface area contributed by atoms with E-state index in [1.165, 1.54) is 89.9 Å². The van der Waals surface area contributed by atoms with E-state index in [1.807, 2.05) is 0 Å². The molecule has 0 aromatic rings. The van der Waals surface area contributed by atoms with E-state index < -0.39 is 8.80 Å². The summed E-state index contributed by atoms with van der Waals surface area (Å²) in [5.41, 5.74) is 0. The van der Waals surface area contributed by atoms with Gasteiger partial charge in [-0.15, -0.1) is 0 Å². The van der Waals surface area contributed by atoms with Crippen LogP contribution in [0, 0.1) is 0 Å². The van der Waals surface area contributed by atoms with Gasteiger partial charge in [0.1, 0.15) is 0 Å². The van der Waals surface area contributed by atoms with Crippen molar-refractivity contribution < 1.29 is 22.8 Å². The van der Waals surface area contributed by atoms with Crippen LogP contribution in [0.15, 0.2) is 0 Å². The first-order chi connectivity index (χ1) is 15.6. The molecule has 0 atom stereocenters. The van der Waals surface area contributed by atoms with Crippen molar-refractivity contribution in [1.29, 1.82) is 0 Å². The van der Waals surface area contributed by atoms with Crippen LogP contribution in [0.1, 0.15) is 129 Å². The highest BCUT2D eigenvalue weighted by Gasteiger charge is 2.36. The van der Waals surface area contributed by atoms with Crippen LogP contribution >= 0.6 is 0 Å². The molecule has 0 aromatic heterocycles. The molecule has 0 spiro atoms. The van der Waals surface area contributed by atoms with Crippen molar-refractivity contribution in [3.05, 3.63) is 0 Å². The van der Waals surface area contributed by atoms with Crippen LogP contribution in [0.25, 0.3) is 0 Å². The van der Waals surface area contributed by atoms with Crippen LogP contribution in [0.5, 0.6) is 0 Å². The molecule has 0 aromatic carbocycles. The lowest BCUT2D eigenvalue weighted by Crippen LogP contribution is -2.42. The van der Waals surface area contributed by atoms with Crippen LogP contribution in [-0.2, 0) is 22.8 Å². The number of esters is 1. The fourth-order valence-corrected chi connectivity index (χ4v) is 5.87. The number of carbonyl (C=O) groups is 1. The van der Waals surface area contributed by atoms with Gasteiger partial charge < -0.3 is 18.0 Å². The summed E-state index contributed by atoms with van der Waals surface area (Å²) >= 11 is 0. The van der Waals surface area contributed by atoms with Crippen molar-refractivity contribution in [1.82, 2.24) is 0 Å². The Kier molecular flexibility index (Phi) is 23.4. The quantitative estimate of drug-likeness (QED) is 0.0766. The topological polar surface area (TPSA) is 54.0 Å². The van der Waals surface area contributed by atoms with Crippen LogP contribution in [0.4, 0.5) is 0 Å². The summed E-state index contributed by atoms with van der Waals surface area (Å²) in [6.07, 6.45) is 23.7. The van der Waals surface area contributed by atoms with Crippen LogP contribution in [-0.4, -0.2) is 42.7 Å². The van der Waals surface area contributed by atoms with Crippen molar-refractivity contribution in [2.45, 2.75) is 135 Å². The zero-order chi connectivity index (χ0) is 23.8. The van der Waals surface area contributed by atoms with Gasteiger partial charge in [0, 0.05) is 33.8 Å². The SMILES string of the molecule is CCCCCCCCCCCCCCCCCCC(=O)OCCCC[Si](OC)(OC)OC. The normalized spacial score (nSPS) is 11.8. The highest BCUT2D eigenvalue weighted by Crippen LogP contribution is 2.17. The molecule has 0 aliphatic carbocycles. The molecule has 0 rings (SSSR count). The smallest absolute Gasteiger partial charge is 0.466 e. The third-order valence-electron chi connectivity index (χ3n) is 6.31. The molecule has 5 nitrogen and oxygen atoms in total. The second kappa shape index (κ2) is 23.7. The molecule has 0 fully saturated rings. The van der Waals surface area contributed by atoms with Crippen molar-refractivity contribution in [3.8, 4) is 0 Å². The molecule has 0 unspecified atom stereocenters. The Morgan fingerprint density at radius 2 is 0.969 bits per heavy atom. The predicted molar refractivity (Wildman–Crippen MR) is 136 cm³/mol. The minimum Gasteiger partial charge on any atom is -0.466 e. The second-order valence-corrected chi connectivity index (χ2v) is 12.1. The maximum absolute atomic E-state index is 11.8. The minimum absolute atomic E-state index is 0.0657. The molecule has 0 bridgehead atoms. The van der Waals surface area contributed by atoms with E-state index >= 15 is 0 Å². The van der Waals surface area contributed by atoms with Crippen molar-refractivity contribution >= 4 is 14.8 Å². The van der Waals surface area contributed by atoms with E-state index in [-0.39, 0.29) is 5.97 Å². The Morgan fingerprint density at radius 1 is 0.562 bits per heavy atom. The third kappa shape index (κ3) is 19.1. The summed E-state index contributed by atoms with van der Waals surface area (Å²) in [5, 5.41) is 0. The van der Waals surface area contributed by atoms with Crippen molar-refractivity contribution in [2.75, 3.05) is 27.9 Å². The number of hydrogen-bond acceptors (Lipinski definition) is 5. The number of hydrogen-bond donors (Lipinski definition) is 0. The first kappa shape index (κ1) is 31.6. The predicted octanol–water partition coefficient (Wildman–Crippen LogP) is 7.84. The van der Waals surface area contributed by atoms with E-state index in [4.69, 9.17) is 18.0 Å². The molecule has 6 heteroatoms. The molecule has 32 heavy (non-hydrogen) atoms. The van der Waals surface area contributed by atoms with Gasteiger partial charge in [0.2, 0.25) is 0 Å². The Morgan fingerprint density at radius 3 is 1.38 bits per heavy atom. The maximum atomic E-state index is 11.8. The van der Waals surface area contributed by atoms with Gasteiger partial charge in [0.15, 0.2) is 0 Å². The van der Waals surface area contributed by atoms with Crippen LogP contribution < -0.4 is 0 Å². The molecule has 0 saturated heterocycles. The second-order valence-electron chi connectivity index (χ2n) is 9.03. The summed E-state index contributed by atoms with van der Waals surface area (Å²) in [4.78, 5) is 11.8. The van der Waals surface area contributed by atoms with Gasteiger partial charge in [-0.3, -0.25) is 4.79 Å². The molecule has 0 N–H and O–H groups in total. The van der Waals surface area contributed by atoms with Gasteiger partial charge >= 0.3 is 14.8 Å². The lowest BCUT2D eigenvalue weighted by molar-refractivity contribution is -0.143.